The molecule has 1 aliphatic rings. The van der Waals surface area contributed by atoms with Crippen LogP contribution in [-0.2, 0) is 0 Å². The van der Waals surface area contributed by atoms with Crippen molar-refractivity contribution in [3.05, 3.63) is 39.9 Å². The monoisotopic (exact) mass is 385 g/mol. The van der Waals surface area contributed by atoms with Crippen molar-refractivity contribution in [2.24, 2.45) is 0 Å². The predicted molar refractivity (Wildman–Crippen MR) is 84.8 cm³/mol. The minimum Gasteiger partial charge on any atom is -0.480 e. The summed E-state index contributed by atoms with van der Waals surface area (Å²) in [5.41, 5.74) is 0. The zero-order valence-electron chi connectivity index (χ0n) is 10.3. The third-order valence-corrected chi connectivity index (χ3v) is 4.70. The van der Waals surface area contributed by atoms with Crippen molar-refractivity contribution in [1.29, 1.82) is 0 Å². The second kappa shape index (κ2) is 5.54. The van der Waals surface area contributed by atoms with E-state index in [-0.39, 0.29) is 6.10 Å². The highest BCUT2D eigenvalue weighted by Gasteiger charge is 2.24. The van der Waals surface area contributed by atoms with Crippen LogP contribution in [0.3, 0.4) is 0 Å². The number of hydrogen-bond donors (Lipinski definition) is 1. The van der Waals surface area contributed by atoms with E-state index in [1.54, 1.807) is 11.8 Å². The van der Waals surface area contributed by atoms with Crippen molar-refractivity contribution < 1.29 is 4.74 Å². The summed E-state index contributed by atoms with van der Waals surface area (Å²) in [5, 5.41) is 3.07. The molecule has 1 aromatic heterocycles. The summed E-state index contributed by atoms with van der Waals surface area (Å²) in [6, 6.07) is 8.07. The van der Waals surface area contributed by atoms with Gasteiger partial charge in [-0.25, -0.2) is 9.97 Å². The maximum absolute atomic E-state index is 5.98. The third kappa shape index (κ3) is 2.64. The average Bonchev–Trinajstić information content (AvgIpc) is 2.47. The molecule has 1 aliphatic heterocycles. The minimum atomic E-state index is -0.0935. The molecule has 19 heavy (non-hydrogen) atoms. The molecule has 2 aromatic rings. The van der Waals surface area contributed by atoms with Crippen LogP contribution >= 0.6 is 34.4 Å². The minimum absolute atomic E-state index is 0.0935. The summed E-state index contributed by atoms with van der Waals surface area (Å²) in [6.45, 7) is 0. The summed E-state index contributed by atoms with van der Waals surface area (Å²) < 4.78 is 6.99. The van der Waals surface area contributed by atoms with E-state index in [1.807, 2.05) is 31.4 Å². The smallest absolute Gasteiger partial charge is 0.172 e. The molecule has 0 saturated heterocycles. The van der Waals surface area contributed by atoms with Gasteiger partial charge in [-0.2, -0.15) is 0 Å². The first-order valence-corrected chi connectivity index (χ1v) is 7.93. The maximum Gasteiger partial charge on any atom is 0.172 e. The van der Waals surface area contributed by atoms with Gasteiger partial charge >= 0.3 is 0 Å². The molecule has 4 nitrogen and oxygen atoms in total. The lowest BCUT2D eigenvalue weighted by molar-refractivity contribution is 0.210. The molecule has 98 valence electrons. The molecule has 6 heteroatoms. The Bertz CT molecular complexity index is 608. The molecule has 1 aromatic carbocycles. The molecule has 0 amide bonds. The van der Waals surface area contributed by atoms with Gasteiger partial charge in [-0.3, -0.25) is 0 Å². The van der Waals surface area contributed by atoms with Gasteiger partial charge in [0.15, 0.2) is 11.9 Å². The van der Waals surface area contributed by atoms with Crippen molar-refractivity contribution in [1.82, 2.24) is 9.97 Å². The Hall–Kier alpha value is -1.02. The SMILES string of the molecule is CNc1nc(C2CSc3ccccc3O2)ncc1I. The van der Waals surface area contributed by atoms with Crippen LogP contribution in [0.5, 0.6) is 5.75 Å². The highest BCUT2D eigenvalue weighted by Crippen LogP contribution is 2.39. The van der Waals surface area contributed by atoms with Crippen molar-refractivity contribution in [2.45, 2.75) is 11.0 Å². The van der Waals surface area contributed by atoms with Gasteiger partial charge in [-0.1, -0.05) is 12.1 Å². The molecule has 2 heterocycles. The van der Waals surface area contributed by atoms with Crippen LogP contribution in [-0.4, -0.2) is 22.8 Å². The average molecular weight is 385 g/mol. The number of nitrogens with one attached hydrogen (secondary N) is 1. The number of ether oxygens (including phenoxy) is 1. The normalized spacial score (nSPS) is 17.5. The third-order valence-electron chi connectivity index (χ3n) is 2.80. The van der Waals surface area contributed by atoms with E-state index in [4.69, 9.17) is 4.74 Å². The largest absolute Gasteiger partial charge is 0.480 e. The number of fused-ring (bicyclic) bond motifs is 1. The molecule has 0 aliphatic carbocycles. The molecule has 0 radical (unpaired) electrons. The van der Waals surface area contributed by atoms with E-state index in [2.05, 4.69) is 43.9 Å². The summed E-state index contributed by atoms with van der Waals surface area (Å²) in [4.78, 5) is 10.1. The quantitative estimate of drug-likeness (QED) is 0.804. The van der Waals surface area contributed by atoms with E-state index < -0.39 is 0 Å². The number of thioether (sulfide) groups is 1. The standard InChI is InChI=1S/C13H12IN3OS/c1-15-12-8(14)6-16-13(17-12)10-7-19-11-5-3-2-4-9(11)18-10/h2-6,10H,7H2,1H3,(H,15,16,17). The number of anilines is 1. The van der Waals surface area contributed by atoms with Gasteiger partial charge in [0.05, 0.1) is 3.57 Å². The first-order chi connectivity index (χ1) is 9.28. The Labute approximate surface area is 129 Å². The molecule has 1 unspecified atom stereocenters. The van der Waals surface area contributed by atoms with Crippen LogP contribution in [0, 0.1) is 3.57 Å². The van der Waals surface area contributed by atoms with E-state index in [0.29, 0.717) is 0 Å². The maximum atomic E-state index is 5.98. The molecule has 1 N–H and O–H groups in total. The number of nitrogens with zero attached hydrogens (tertiary/aromatic N) is 2. The molecule has 0 saturated carbocycles. The molecular weight excluding hydrogens is 373 g/mol. The fourth-order valence-electron chi connectivity index (χ4n) is 1.86. The van der Waals surface area contributed by atoms with E-state index >= 15 is 0 Å². The lowest BCUT2D eigenvalue weighted by atomic mass is 10.3. The van der Waals surface area contributed by atoms with Crippen LogP contribution in [0.15, 0.2) is 35.4 Å². The summed E-state index contributed by atoms with van der Waals surface area (Å²) in [5.74, 6) is 3.32. The van der Waals surface area contributed by atoms with Gasteiger partial charge in [0.2, 0.25) is 0 Å². The van der Waals surface area contributed by atoms with Crippen molar-refractivity contribution in [3.8, 4) is 5.75 Å². The second-order valence-electron chi connectivity index (χ2n) is 4.04. The van der Waals surface area contributed by atoms with Crippen LogP contribution in [0.25, 0.3) is 0 Å². The Morgan fingerprint density at radius 3 is 3.11 bits per heavy atom. The molecule has 0 bridgehead atoms. The molecule has 1 atom stereocenters. The lowest BCUT2D eigenvalue weighted by Gasteiger charge is -2.24. The summed E-state index contributed by atoms with van der Waals surface area (Å²) >= 11 is 4.00. The molecule has 3 rings (SSSR count). The number of para-hydroxylation sites is 1. The summed E-state index contributed by atoms with van der Waals surface area (Å²) in [7, 11) is 1.86. The summed E-state index contributed by atoms with van der Waals surface area (Å²) in [6.07, 6.45) is 1.73. The zero-order chi connectivity index (χ0) is 13.2. The fraction of sp³-hybridized carbons (Fsp3) is 0.231. The van der Waals surface area contributed by atoms with Crippen molar-refractivity contribution >= 4 is 40.2 Å². The van der Waals surface area contributed by atoms with E-state index in [0.717, 1.165) is 26.7 Å². The zero-order valence-corrected chi connectivity index (χ0v) is 13.2. The van der Waals surface area contributed by atoms with Gasteiger partial charge in [0, 0.05) is 23.9 Å². The van der Waals surface area contributed by atoms with Gasteiger partial charge < -0.3 is 10.1 Å². The second-order valence-corrected chi connectivity index (χ2v) is 6.26. The van der Waals surface area contributed by atoms with Gasteiger partial charge in [-0.15, -0.1) is 11.8 Å². The first-order valence-electron chi connectivity index (χ1n) is 5.86. The lowest BCUT2D eigenvalue weighted by Crippen LogP contribution is -2.18. The topological polar surface area (TPSA) is 47.0 Å². The number of rotatable bonds is 2. The molecule has 0 fully saturated rings. The predicted octanol–water partition coefficient (Wildman–Crippen LogP) is 3.35. The fourth-order valence-corrected chi connectivity index (χ4v) is 3.37. The van der Waals surface area contributed by atoms with Crippen LogP contribution in [0.2, 0.25) is 0 Å². The van der Waals surface area contributed by atoms with E-state index in [1.165, 1.54) is 4.90 Å². The number of benzene rings is 1. The Kier molecular flexibility index (Phi) is 3.79. The number of aromatic nitrogens is 2. The van der Waals surface area contributed by atoms with Crippen molar-refractivity contribution in [3.63, 3.8) is 0 Å². The van der Waals surface area contributed by atoms with Crippen LogP contribution in [0.1, 0.15) is 11.9 Å². The number of halogens is 1. The highest BCUT2D eigenvalue weighted by atomic mass is 127. The molecule has 0 spiro atoms. The van der Waals surface area contributed by atoms with Crippen LogP contribution < -0.4 is 10.1 Å². The van der Waals surface area contributed by atoms with Crippen molar-refractivity contribution in [2.75, 3.05) is 18.1 Å². The number of hydrogen-bond acceptors (Lipinski definition) is 5. The van der Waals surface area contributed by atoms with E-state index in [9.17, 15) is 0 Å². The Morgan fingerprint density at radius 2 is 2.26 bits per heavy atom. The Morgan fingerprint density at radius 1 is 1.42 bits per heavy atom. The van der Waals surface area contributed by atoms with Gasteiger partial charge in [0.25, 0.3) is 0 Å². The van der Waals surface area contributed by atoms with Gasteiger partial charge in [-0.05, 0) is 34.7 Å². The molecular formula is C13H12IN3OS. The Balaban J connectivity index is 1.89. The van der Waals surface area contributed by atoms with Gasteiger partial charge in [0.1, 0.15) is 11.6 Å². The first kappa shape index (κ1) is 13.0. The van der Waals surface area contributed by atoms with Crippen LogP contribution in [0.4, 0.5) is 5.82 Å². The highest BCUT2D eigenvalue weighted by molar-refractivity contribution is 14.1.